The van der Waals surface area contributed by atoms with E-state index in [2.05, 4.69) is 20.0 Å². The van der Waals surface area contributed by atoms with Gasteiger partial charge in [-0.2, -0.15) is 5.10 Å². The van der Waals surface area contributed by atoms with Crippen LogP contribution in [0.25, 0.3) is 0 Å². The molecule has 0 saturated carbocycles. The van der Waals surface area contributed by atoms with E-state index in [9.17, 15) is 4.79 Å². The van der Waals surface area contributed by atoms with E-state index in [1.807, 2.05) is 11.6 Å². The van der Waals surface area contributed by atoms with E-state index in [0.717, 1.165) is 30.3 Å². The van der Waals surface area contributed by atoms with Gasteiger partial charge >= 0.3 is 0 Å². The van der Waals surface area contributed by atoms with Crippen LogP contribution in [0.15, 0.2) is 35.1 Å². The molecule has 0 amide bonds. The van der Waals surface area contributed by atoms with Crippen molar-refractivity contribution in [2.75, 3.05) is 6.54 Å². The van der Waals surface area contributed by atoms with Gasteiger partial charge < -0.3 is 0 Å². The predicted octanol–water partition coefficient (Wildman–Crippen LogP) is 0.746. The van der Waals surface area contributed by atoms with Gasteiger partial charge in [0.1, 0.15) is 23.5 Å². The molecule has 8 nitrogen and oxygen atoms in total. The Hall–Kier alpha value is -2.39. The van der Waals surface area contributed by atoms with E-state index in [-0.39, 0.29) is 5.56 Å². The molecule has 124 valence electrons. The molecule has 0 spiro atoms. The van der Waals surface area contributed by atoms with Gasteiger partial charge in [0.2, 0.25) is 0 Å². The highest BCUT2D eigenvalue weighted by molar-refractivity contribution is 7.09. The Balaban J connectivity index is 1.59. The molecule has 0 radical (unpaired) electrons. The Bertz CT molecular complexity index is 857. The molecule has 0 atom stereocenters. The lowest BCUT2D eigenvalue weighted by atomic mass is 10.3. The molecule has 0 bridgehead atoms. The molecule has 0 unspecified atom stereocenters. The quantitative estimate of drug-likeness (QED) is 0.695. The standard InChI is InChI=1S/C15H17N7OS/c23-15-6-12(7-21-11-16-10-18-21)19-13-8-20(3-1-4-22(13)15)9-14-17-2-5-24-14/h2,5-6,10-11H,1,3-4,7-9H2. The third-order valence-corrected chi connectivity index (χ3v) is 4.76. The highest BCUT2D eigenvalue weighted by Gasteiger charge is 2.18. The first-order valence-corrected chi connectivity index (χ1v) is 8.69. The third kappa shape index (κ3) is 3.26. The first-order valence-electron chi connectivity index (χ1n) is 7.81. The smallest absolute Gasteiger partial charge is 0.253 e. The zero-order chi connectivity index (χ0) is 16.4. The summed E-state index contributed by atoms with van der Waals surface area (Å²) in [5.74, 6) is 0.812. The number of rotatable bonds is 4. The Morgan fingerprint density at radius 1 is 1.25 bits per heavy atom. The van der Waals surface area contributed by atoms with Crippen LogP contribution >= 0.6 is 11.3 Å². The van der Waals surface area contributed by atoms with Gasteiger partial charge in [-0.1, -0.05) is 0 Å². The fourth-order valence-corrected chi connectivity index (χ4v) is 3.57. The molecule has 0 fully saturated rings. The lowest BCUT2D eigenvalue weighted by Crippen LogP contribution is -2.28. The molecule has 4 heterocycles. The van der Waals surface area contributed by atoms with E-state index in [1.54, 1.807) is 33.0 Å². The van der Waals surface area contributed by atoms with Crippen LogP contribution in [0.5, 0.6) is 0 Å². The molecule has 24 heavy (non-hydrogen) atoms. The molecule has 9 heteroatoms. The number of fused-ring (bicyclic) bond motifs is 1. The molecule has 3 aromatic rings. The predicted molar refractivity (Wildman–Crippen MR) is 88.5 cm³/mol. The first-order chi connectivity index (χ1) is 11.8. The molecule has 1 aliphatic rings. The molecule has 4 rings (SSSR count). The fraction of sp³-hybridized carbons (Fsp3) is 0.400. The second-order valence-corrected chi connectivity index (χ2v) is 6.72. The van der Waals surface area contributed by atoms with Crippen molar-refractivity contribution >= 4 is 11.3 Å². The summed E-state index contributed by atoms with van der Waals surface area (Å²) in [6.45, 7) is 3.54. The lowest BCUT2D eigenvalue weighted by Gasteiger charge is -2.18. The van der Waals surface area contributed by atoms with Crippen LogP contribution in [0.1, 0.15) is 22.9 Å². The minimum atomic E-state index is 0.00575. The zero-order valence-corrected chi connectivity index (χ0v) is 13.9. The van der Waals surface area contributed by atoms with Crippen molar-refractivity contribution in [1.82, 2.24) is 34.2 Å². The highest BCUT2D eigenvalue weighted by Crippen LogP contribution is 2.14. The molecule has 0 aliphatic carbocycles. The number of nitrogens with zero attached hydrogens (tertiary/aromatic N) is 7. The van der Waals surface area contributed by atoms with Gasteiger partial charge in [-0.3, -0.25) is 14.3 Å². The number of hydrogen-bond acceptors (Lipinski definition) is 7. The zero-order valence-electron chi connectivity index (χ0n) is 13.1. The van der Waals surface area contributed by atoms with Crippen LogP contribution in [0.3, 0.4) is 0 Å². The van der Waals surface area contributed by atoms with Crippen molar-refractivity contribution in [1.29, 1.82) is 0 Å². The van der Waals surface area contributed by atoms with Crippen LogP contribution in [0.2, 0.25) is 0 Å². The summed E-state index contributed by atoms with van der Waals surface area (Å²) >= 11 is 1.65. The lowest BCUT2D eigenvalue weighted by molar-refractivity contribution is 0.257. The topological polar surface area (TPSA) is 81.7 Å². The van der Waals surface area contributed by atoms with Crippen LogP contribution in [-0.2, 0) is 26.2 Å². The van der Waals surface area contributed by atoms with Gasteiger partial charge in [0.05, 0.1) is 25.3 Å². The van der Waals surface area contributed by atoms with Crippen molar-refractivity contribution in [3.63, 3.8) is 0 Å². The average molecular weight is 343 g/mol. The van der Waals surface area contributed by atoms with Crippen molar-refractivity contribution in [2.24, 2.45) is 0 Å². The third-order valence-electron chi connectivity index (χ3n) is 3.99. The van der Waals surface area contributed by atoms with Crippen molar-refractivity contribution < 1.29 is 0 Å². The summed E-state index contributed by atoms with van der Waals surface area (Å²) in [6, 6.07) is 1.60. The summed E-state index contributed by atoms with van der Waals surface area (Å²) in [5.41, 5.74) is 0.721. The van der Waals surface area contributed by atoms with E-state index < -0.39 is 0 Å². The van der Waals surface area contributed by atoms with E-state index in [0.29, 0.717) is 25.3 Å². The molecule has 0 saturated heterocycles. The molecule has 0 N–H and O–H groups in total. The monoisotopic (exact) mass is 343 g/mol. The van der Waals surface area contributed by atoms with E-state index in [1.165, 1.54) is 6.33 Å². The van der Waals surface area contributed by atoms with Gasteiger partial charge in [0.15, 0.2) is 0 Å². The van der Waals surface area contributed by atoms with Crippen LogP contribution in [-0.4, -0.2) is 40.7 Å². The molecule has 1 aliphatic heterocycles. The molecule has 3 aromatic heterocycles. The van der Waals surface area contributed by atoms with Crippen molar-refractivity contribution in [2.45, 2.75) is 32.6 Å². The summed E-state index contributed by atoms with van der Waals surface area (Å²) in [5, 5.41) is 7.15. The van der Waals surface area contributed by atoms with Gasteiger partial charge in [0.25, 0.3) is 5.56 Å². The summed E-state index contributed by atoms with van der Waals surface area (Å²) < 4.78 is 3.45. The average Bonchev–Trinajstić information content (AvgIpc) is 3.20. The highest BCUT2D eigenvalue weighted by atomic mass is 32.1. The minimum absolute atomic E-state index is 0.00575. The van der Waals surface area contributed by atoms with Gasteiger partial charge in [0, 0.05) is 30.7 Å². The number of hydrogen-bond donors (Lipinski definition) is 0. The molecular formula is C15H17N7OS. The van der Waals surface area contributed by atoms with E-state index in [4.69, 9.17) is 4.98 Å². The van der Waals surface area contributed by atoms with Crippen molar-refractivity contribution in [3.8, 4) is 0 Å². The Morgan fingerprint density at radius 3 is 3.00 bits per heavy atom. The van der Waals surface area contributed by atoms with Crippen LogP contribution in [0, 0.1) is 0 Å². The Kier molecular flexibility index (Phi) is 4.18. The number of thiazole rings is 1. The van der Waals surface area contributed by atoms with Crippen LogP contribution in [0.4, 0.5) is 0 Å². The van der Waals surface area contributed by atoms with Gasteiger partial charge in [-0.05, 0) is 6.42 Å². The minimum Gasteiger partial charge on any atom is -0.296 e. The van der Waals surface area contributed by atoms with Gasteiger partial charge in [-0.15, -0.1) is 11.3 Å². The number of aromatic nitrogens is 6. The molecule has 0 aromatic carbocycles. The maximum absolute atomic E-state index is 12.4. The van der Waals surface area contributed by atoms with Crippen LogP contribution < -0.4 is 5.56 Å². The van der Waals surface area contributed by atoms with E-state index >= 15 is 0 Å². The normalized spacial score (nSPS) is 15.2. The van der Waals surface area contributed by atoms with Gasteiger partial charge in [-0.25, -0.2) is 19.6 Å². The fourth-order valence-electron chi connectivity index (χ4n) is 2.92. The van der Waals surface area contributed by atoms with Crippen molar-refractivity contribution in [3.05, 3.63) is 57.2 Å². The Labute approximate surface area is 142 Å². The summed E-state index contributed by atoms with van der Waals surface area (Å²) in [7, 11) is 0. The summed E-state index contributed by atoms with van der Waals surface area (Å²) in [6.07, 6.45) is 5.86. The first kappa shape index (κ1) is 15.2. The maximum atomic E-state index is 12.4. The molecular weight excluding hydrogens is 326 g/mol. The second-order valence-electron chi connectivity index (χ2n) is 5.74. The largest absolute Gasteiger partial charge is 0.296 e. The summed E-state index contributed by atoms with van der Waals surface area (Å²) in [4.78, 5) is 27.7. The second kappa shape index (κ2) is 6.62. The Morgan fingerprint density at radius 2 is 2.21 bits per heavy atom. The maximum Gasteiger partial charge on any atom is 0.253 e. The SMILES string of the molecule is O=c1cc(Cn2cncn2)nc2n1CCCN(Cc1nccs1)C2.